The topological polar surface area (TPSA) is 69.6 Å². The molecule has 2 heterocycles. The van der Waals surface area contributed by atoms with Gasteiger partial charge in [0.15, 0.2) is 0 Å². The predicted molar refractivity (Wildman–Crippen MR) is 80.9 cm³/mol. The van der Waals surface area contributed by atoms with E-state index in [1.54, 1.807) is 13.0 Å². The van der Waals surface area contributed by atoms with Crippen molar-refractivity contribution in [2.24, 2.45) is 0 Å². The minimum atomic E-state index is -3.58. The maximum Gasteiger partial charge on any atom is 0.252 e. The second-order valence-corrected chi connectivity index (χ2v) is 8.72. The number of nitrogens with one attached hydrogen (secondary N) is 1. The molecule has 1 fully saturated rings. The van der Waals surface area contributed by atoms with E-state index >= 15 is 0 Å². The summed E-state index contributed by atoms with van der Waals surface area (Å²) in [5, 5.41) is 12.4. The molecular weight excluding hydrogens is 320 g/mol. The predicted octanol–water partition coefficient (Wildman–Crippen LogP) is 1.44. The van der Waals surface area contributed by atoms with Crippen LogP contribution >= 0.6 is 22.9 Å². The van der Waals surface area contributed by atoms with Gasteiger partial charge >= 0.3 is 0 Å². The number of aryl methyl sites for hydroxylation is 1. The average Bonchev–Trinajstić information content (AvgIpc) is 3.00. The number of aliphatic hydroxyl groups is 1. The highest BCUT2D eigenvalue weighted by molar-refractivity contribution is 7.91. The van der Waals surface area contributed by atoms with Crippen LogP contribution in [0.25, 0.3) is 0 Å². The lowest BCUT2D eigenvalue weighted by Gasteiger charge is -2.23. The Morgan fingerprint density at radius 3 is 2.85 bits per heavy atom. The van der Waals surface area contributed by atoms with Crippen LogP contribution in [0.15, 0.2) is 10.3 Å². The lowest BCUT2D eigenvalue weighted by atomic mass is 10.2. The summed E-state index contributed by atoms with van der Waals surface area (Å²) in [6.07, 6.45) is 2.02. The van der Waals surface area contributed by atoms with Gasteiger partial charge in [-0.2, -0.15) is 4.31 Å². The highest BCUT2D eigenvalue weighted by Gasteiger charge is 2.29. The van der Waals surface area contributed by atoms with E-state index in [1.165, 1.54) is 4.31 Å². The highest BCUT2D eigenvalue weighted by Crippen LogP contribution is 2.32. The normalized spacial score (nSPS) is 19.9. The van der Waals surface area contributed by atoms with Crippen molar-refractivity contribution in [3.05, 3.63) is 16.0 Å². The van der Waals surface area contributed by atoms with E-state index in [-0.39, 0.29) is 23.4 Å². The standard InChI is InChI=1S/C12H19ClN2O3S2/c1-9-7-11(19-12(9)13)20(17,18)15(5-6-16)8-10-3-2-4-14-10/h7,10,14,16H,2-6,8H2,1H3. The number of hydrogen-bond acceptors (Lipinski definition) is 5. The smallest absolute Gasteiger partial charge is 0.252 e. The molecule has 1 saturated heterocycles. The van der Waals surface area contributed by atoms with Gasteiger partial charge in [0.1, 0.15) is 4.21 Å². The van der Waals surface area contributed by atoms with Crippen molar-refractivity contribution in [2.45, 2.75) is 30.0 Å². The fraction of sp³-hybridized carbons (Fsp3) is 0.667. The summed E-state index contributed by atoms with van der Waals surface area (Å²) in [6.45, 7) is 3.00. The number of nitrogens with zero attached hydrogens (tertiary/aromatic N) is 1. The van der Waals surface area contributed by atoms with E-state index in [1.807, 2.05) is 0 Å². The first-order valence-corrected chi connectivity index (χ1v) is 9.19. The fourth-order valence-electron chi connectivity index (χ4n) is 2.27. The van der Waals surface area contributed by atoms with Crippen LogP contribution in [0.2, 0.25) is 4.34 Å². The van der Waals surface area contributed by atoms with Gasteiger partial charge in [-0.25, -0.2) is 8.42 Å². The molecule has 5 nitrogen and oxygen atoms in total. The van der Waals surface area contributed by atoms with E-state index in [0.29, 0.717) is 10.9 Å². The molecule has 0 aromatic carbocycles. The third-order valence-electron chi connectivity index (χ3n) is 3.36. The molecule has 1 aromatic heterocycles. The molecule has 0 amide bonds. The lowest BCUT2D eigenvalue weighted by molar-refractivity contribution is 0.246. The summed E-state index contributed by atoms with van der Waals surface area (Å²) in [5.74, 6) is 0. The molecule has 1 aliphatic rings. The number of halogens is 1. The monoisotopic (exact) mass is 338 g/mol. The van der Waals surface area contributed by atoms with Gasteiger partial charge in [-0.15, -0.1) is 11.3 Å². The summed E-state index contributed by atoms with van der Waals surface area (Å²) in [7, 11) is -3.58. The number of rotatable bonds is 6. The maximum atomic E-state index is 12.6. The van der Waals surface area contributed by atoms with Gasteiger partial charge in [0, 0.05) is 19.1 Å². The van der Waals surface area contributed by atoms with Crippen molar-refractivity contribution in [2.75, 3.05) is 26.2 Å². The molecule has 1 aliphatic heterocycles. The van der Waals surface area contributed by atoms with Gasteiger partial charge in [-0.3, -0.25) is 0 Å². The van der Waals surface area contributed by atoms with E-state index in [4.69, 9.17) is 16.7 Å². The van der Waals surface area contributed by atoms with Gasteiger partial charge in [-0.05, 0) is 37.9 Å². The Morgan fingerprint density at radius 2 is 2.35 bits per heavy atom. The first kappa shape index (κ1) is 16.2. The Hall–Kier alpha value is -0.180. The molecule has 0 aliphatic carbocycles. The van der Waals surface area contributed by atoms with Crippen LogP contribution in [0.1, 0.15) is 18.4 Å². The second-order valence-electron chi connectivity index (χ2n) is 4.90. The van der Waals surface area contributed by atoms with Crippen LogP contribution in [0.3, 0.4) is 0 Å². The molecule has 1 atom stereocenters. The summed E-state index contributed by atoms with van der Waals surface area (Å²) in [4.78, 5) is 0. The number of sulfonamides is 1. The van der Waals surface area contributed by atoms with Crippen molar-refractivity contribution in [1.82, 2.24) is 9.62 Å². The summed E-state index contributed by atoms with van der Waals surface area (Å²) >= 11 is 7.03. The fourth-order valence-corrected chi connectivity index (χ4v) is 5.60. The van der Waals surface area contributed by atoms with Crippen LogP contribution in [0.5, 0.6) is 0 Å². The number of thiophene rings is 1. The molecule has 0 radical (unpaired) electrons. The van der Waals surface area contributed by atoms with Crippen molar-refractivity contribution >= 4 is 33.0 Å². The minimum absolute atomic E-state index is 0.106. The lowest BCUT2D eigenvalue weighted by Crippen LogP contribution is -2.42. The Morgan fingerprint density at radius 1 is 1.60 bits per heavy atom. The Balaban J connectivity index is 2.21. The molecule has 0 bridgehead atoms. The van der Waals surface area contributed by atoms with E-state index in [0.717, 1.165) is 36.3 Å². The summed E-state index contributed by atoms with van der Waals surface area (Å²) in [6, 6.07) is 1.75. The SMILES string of the molecule is Cc1cc(S(=O)(=O)N(CCO)CC2CCCN2)sc1Cl. The zero-order valence-corrected chi connectivity index (χ0v) is 13.7. The Bertz CT molecular complexity index is 534. The molecule has 1 unspecified atom stereocenters. The minimum Gasteiger partial charge on any atom is -0.395 e. The third kappa shape index (κ3) is 3.52. The Labute approximate surface area is 128 Å². The second kappa shape index (κ2) is 6.72. The van der Waals surface area contributed by atoms with E-state index < -0.39 is 10.0 Å². The maximum absolute atomic E-state index is 12.6. The molecule has 114 valence electrons. The van der Waals surface area contributed by atoms with Crippen molar-refractivity contribution in [1.29, 1.82) is 0 Å². The van der Waals surface area contributed by atoms with Crippen LogP contribution in [0, 0.1) is 6.92 Å². The summed E-state index contributed by atoms with van der Waals surface area (Å²) < 4.78 is 27.3. The van der Waals surface area contributed by atoms with Crippen LogP contribution in [-0.2, 0) is 10.0 Å². The van der Waals surface area contributed by atoms with Gasteiger partial charge < -0.3 is 10.4 Å². The first-order chi connectivity index (χ1) is 9.45. The number of aliphatic hydroxyl groups excluding tert-OH is 1. The van der Waals surface area contributed by atoms with Crippen molar-refractivity contribution in [3.8, 4) is 0 Å². The molecule has 2 rings (SSSR count). The quantitative estimate of drug-likeness (QED) is 0.823. The van der Waals surface area contributed by atoms with E-state index in [9.17, 15) is 8.42 Å². The molecule has 2 N–H and O–H groups in total. The van der Waals surface area contributed by atoms with Gasteiger partial charge in [-0.1, -0.05) is 11.6 Å². The van der Waals surface area contributed by atoms with Gasteiger partial charge in [0.2, 0.25) is 0 Å². The highest BCUT2D eigenvalue weighted by atomic mass is 35.5. The molecule has 1 aromatic rings. The van der Waals surface area contributed by atoms with Crippen molar-refractivity contribution < 1.29 is 13.5 Å². The zero-order chi connectivity index (χ0) is 14.8. The van der Waals surface area contributed by atoms with Crippen LogP contribution in [-0.4, -0.2) is 50.1 Å². The van der Waals surface area contributed by atoms with E-state index in [2.05, 4.69) is 5.32 Å². The van der Waals surface area contributed by atoms with Gasteiger partial charge in [0.25, 0.3) is 10.0 Å². The number of hydrogen-bond donors (Lipinski definition) is 2. The molecule has 0 spiro atoms. The zero-order valence-electron chi connectivity index (χ0n) is 11.3. The third-order valence-corrected chi connectivity index (χ3v) is 7.23. The average molecular weight is 339 g/mol. The molecular formula is C12H19ClN2O3S2. The first-order valence-electron chi connectivity index (χ1n) is 6.55. The van der Waals surface area contributed by atoms with Crippen molar-refractivity contribution in [3.63, 3.8) is 0 Å². The molecule has 8 heteroatoms. The summed E-state index contributed by atoms with van der Waals surface area (Å²) in [5.41, 5.74) is 0.762. The largest absolute Gasteiger partial charge is 0.395 e. The molecule has 0 saturated carbocycles. The molecule has 20 heavy (non-hydrogen) atoms. The van der Waals surface area contributed by atoms with Crippen LogP contribution < -0.4 is 5.32 Å². The Kier molecular flexibility index (Phi) is 5.44. The van der Waals surface area contributed by atoms with Crippen LogP contribution in [0.4, 0.5) is 0 Å². The van der Waals surface area contributed by atoms with Gasteiger partial charge in [0.05, 0.1) is 10.9 Å².